The minimum absolute atomic E-state index is 0.0111. The summed E-state index contributed by atoms with van der Waals surface area (Å²) in [6, 6.07) is 10.3. The third-order valence-electron chi connectivity index (χ3n) is 5.70. The molecule has 42 heavy (non-hydrogen) atoms. The quantitative estimate of drug-likeness (QED) is 0.163. The van der Waals surface area contributed by atoms with Crippen molar-refractivity contribution in [2.24, 2.45) is 0 Å². The molecule has 0 aliphatic carbocycles. The average molecular weight is 648 g/mol. The molecular formula is C28H36Cl2N6O4Si2. The van der Waals surface area contributed by atoms with E-state index in [1.807, 2.05) is 45.3 Å². The first-order valence-electron chi connectivity index (χ1n) is 13.2. The van der Waals surface area contributed by atoms with Crippen molar-refractivity contribution in [3.63, 3.8) is 0 Å². The van der Waals surface area contributed by atoms with Crippen LogP contribution in [0.5, 0.6) is 0 Å². The number of hydrogen-bond donors (Lipinski definition) is 1. The van der Waals surface area contributed by atoms with Crippen molar-refractivity contribution in [3.8, 4) is 11.6 Å². The number of aromatic nitrogens is 6. The van der Waals surface area contributed by atoms with Crippen LogP contribution >= 0.6 is 23.2 Å². The fourth-order valence-electron chi connectivity index (χ4n) is 3.45. The zero-order chi connectivity index (χ0) is 31.6. The molecule has 1 N–H and O–H groups in total. The average Bonchev–Trinajstić information content (AvgIpc) is 3.53. The van der Waals surface area contributed by atoms with Crippen LogP contribution in [0.2, 0.25) is 49.6 Å². The summed E-state index contributed by atoms with van der Waals surface area (Å²) in [6.07, 6.45) is 3.67. The molecule has 4 heterocycles. The molecule has 224 valence electrons. The largest absolute Gasteiger partial charge is 0.478 e. The summed E-state index contributed by atoms with van der Waals surface area (Å²) in [5.74, 6) is -0.483. The molecule has 10 nitrogen and oxygen atoms in total. The maximum Gasteiger partial charge on any atom is 0.341 e. The zero-order valence-electron chi connectivity index (χ0n) is 25.2. The lowest BCUT2D eigenvalue weighted by atomic mass is 10.2. The summed E-state index contributed by atoms with van der Waals surface area (Å²) in [6.45, 7) is 18.7. The van der Waals surface area contributed by atoms with E-state index in [4.69, 9.17) is 33.0 Å². The van der Waals surface area contributed by atoms with Gasteiger partial charge in [-0.3, -0.25) is 0 Å². The molecule has 0 fully saturated rings. The summed E-state index contributed by atoms with van der Waals surface area (Å²) < 4.78 is 8.61. The first-order chi connectivity index (χ1) is 19.3. The normalized spacial score (nSPS) is 12.0. The Balaban J connectivity index is 0.000000235. The predicted octanol–water partition coefficient (Wildman–Crippen LogP) is 5.59. The van der Waals surface area contributed by atoms with Crippen LogP contribution in [0.1, 0.15) is 41.5 Å². The third-order valence-corrected chi connectivity index (χ3v) is 9.88. The molecule has 0 atom stereocenters. The third kappa shape index (κ3) is 8.60. The molecule has 0 unspecified atom stereocenters. The van der Waals surface area contributed by atoms with Gasteiger partial charge in [-0.05, 0) is 57.2 Å². The summed E-state index contributed by atoms with van der Waals surface area (Å²) in [5, 5.41) is 20.2. The van der Waals surface area contributed by atoms with E-state index in [1.165, 1.54) is 6.07 Å². The van der Waals surface area contributed by atoms with Gasteiger partial charge in [0.15, 0.2) is 11.6 Å². The Morgan fingerprint density at radius 2 is 1.14 bits per heavy atom. The van der Waals surface area contributed by atoms with Gasteiger partial charge in [0.2, 0.25) is 0 Å². The number of pyridine rings is 2. The Bertz CT molecular complexity index is 1600. The number of ether oxygens (including phenoxy) is 1. The van der Waals surface area contributed by atoms with E-state index in [0.717, 1.165) is 10.6 Å². The highest BCUT2D eigenvalue weighted by Gasteiger charge is 2.23. The maximum atomic E-state index is 12.1. The fourth-order valence-corrected chi connectivity index (χ4v) is 5.87. The molecular weight excluding hydrogens is 611 g/mol. The number of aromatic carboxylic acids is 1. The highest BCUT2D eigenvalue weighted by Crippen LogP contribution is 2.20. The number of hydrogen-bond acceptors (Lipinski definition) is 7. The van der Waals surface area contributed by atoms with Gasteiger partial charge in [0.25, 0.3) is 0 Å². The van der Waals surface area contributed by atoms with Crippen LogP contribution in [-0.4, -0.2) is 68.3 Å². The van der Waals surface area contributed by atoms with Gasteiger partial charge in [-0.25, -0.2) is 28.9 Å². The lowest BCUT2D eigenvalue weighted by Crippen LogP contribution is -2.39. The summed E-state index contributed by atoms with van der Waals surface area (Å²) in [4.78, 5) is 31.3. The van der Waals surface area contributed by atoms with Crippen molar-refractivity contribution in [2.75, 3.05) is 0 Å². The van der Waals surface area contributed by atoms with Crippen molar-refractivity contribution >= 4 is 61.9 Å². The second-order valence-electron chi connectivity index (χ2n) is 12.6. The van der Waals surface area contributed by atoms with Gasteiger partial charge in [-0.15, -0.1) is 0 Å². The van der Waals surface area contributed by atoms with Crippen molar-refractivity contribution in [3.05, 3.63) is 70.2 Å². The molecule has 4 rings (SSSR count). The second-order valence-corrected chi connectivity index (χ2v) is 23.4. The number of nitrogens with zero attached hydrogens (tertiary/aromatic N) is 6. The van der Waals surface area contributed by atoms with E-state index in [0.29, 0.717) is 11.6 Å². The van der Waals surface area contributed by atoms with Gasteiger partial charge < -0.3 is 9.84 Å². The highest BCUT2D eigenvalue weighted by atomic mass is 35.5. The first-order valence-corrected chi connectivity index (χ1v) is 20.9. The van der Waals surface area contributed by atoms with Crippen LogP contribution in [0.4, 0.5) is 0 Å². The van der Waals surface area contributed by atoms with E-state index >= 15 is 0 Å². The lowest BCUT2D eigenvalue weighted by Gasteiger charge is -2.19. The number of rotatable bonds is 6. The van der Waals surface area contributed by atoms with E-state index < -0.39 is 33.7 Å². The van der Waals surface area contributed by atoms with Crippen molar-refractivity contribution in [2.45, 2.75) is 65.7 Å². The number of halogens is 2. The van der Waals surface area contributed by atoms with Crippen molar-refractivity contribution < 1.29 is 19.4 Å². The molecule has 0 radical (unpaired) electrons. The Labute approximate surface area is 257 Å². The molecule has 4 aromatic heterocycles. The summed E-state index contributed by atoms with van der Waals surface area (Å²) in [7, 11) is -2.96. The van der Waals surface area contributed by atoms with Gasteiger partial charge in [0.05, 0.1) is 11.1 Å². The van der Waals surface area contributed by atoms with Gasteiger partial charge >= 0.3 is 11.9 Å². The number of carbonyl (C=O) groups is 2. The molecule has 0 aliphatic rings. The number of carboxylic acids is 1. The Morgan fingerprint density at radius 1 is 0.738 bits per heavy atom. The Morgan fingerprint density at radius 3 is 1.45 bits per heavy atom. The van der Waals surface area contributed by atoms with Crippen LogP contribution in [0.3, 0.4) is 0 Å². The minimum atomic E-state index is -1.48. The monoisotopic (exact) mass is 646 g/mol. The molecule has 0 spiro atoms. The van der Waals surface area contributed by atoms with Gasteiger partial charge in [0, 0.05) is 23.0 Å². The minimum Gasteiger partial charge on any atom is -0.478 e. The summed E-state index contributed by atoms with van der Waals surface area (Å²) in [5.41, 5.74) is -0.335. The molecule has 0 aromatic carbocycles. The van der Waals surface area contributed by atoms with Crippen molar-refractivity contribution in [1.29, 1.82) is 0 Å². The fraction of sp³-hybridized carbons (Fsp3) is 0.357. The van der Waals surface area contributed by atoms with Crippen LogP contribution in [0.15, 0.2) is 48.8 Å². The highest BCUT2D eigenvalue weighted by molar-refractivity contribution is 6.88. The first kappa shape index (κ1) is 33.2. The molecule has 4 aromatic rings. The smallest absolute Gasteiger partial charge is 0.341 e. The van der Waals surface area contributed by atoms with Crippen LogP contribution < -0.4 is 10.6 Å². The van der Waals surface area contributed by atoms with Gasteiger partial charge in [-0.1, -0.05) is 62.5 Å². The predicted molar refractivity (Wildman–Crippen MR) is 171 cm³/mol. The van der Waals surface area contributed by atoms with E-state index in [1.54, 1.807) is 27.6 Å². The second kappa shape index (κ2) is 12.5. The van der Waals surface area contributed by atoms with E-state index in [2.05, 4.69) is 59.4 Å². The van der Waals surface area contributed by atoms with Crippen LogP contribution in [0.25, 0.3) is 11.6 Å². The zero-order valence-corrected chi connectivity index (χ0v) is 28.7. The molecule has 0 bridgehead atoms. The lowest BCUT2D eigenvalue weighted by molar-refractivity contribution is 0.00691. The standard InChI is InChI=1S/C16H22ClN3O2Si.C12H14ClN3O2Si/c1-16(2,3)22-15(21)11-7-8-12(18-14(11)17)20-10-9-13(19-20)23(4,5)6;1-19(2,3)10-6-7-16(15-10)9-5-4-8(12(17)18)11(13)14-9/h7-10H,1-6H3;4-7H,1-3H3,(H,17,18). The van der Waals surface area contributed by atoms with Crippen molar-refractivity contribution in [1.82, 2.24) is 29.5 Å². The maximum absolute atomic E-state index is 12.1. The number of esters is 1. The molecule has 0 aliphatic heterocycles. The van der Waals surface area contributed by atoms with Gasteiger partial charge in [-0.2, -0.15) is 10.2 Å². The van der Waals surface area contributed by atoms with Crippen LogP contribution in [0, 0.1) is 0 Å². The molecule has 14 heteroatoms. The number of carbonyl (C=O) groups excluding carboxylic acids is 1. The van der Waals surface area contributed by atoms with E-state index in [-0.39, 0.29) is 21.4 Å². The molecule has 0 amide bonds. The SMILES string of the molecule is CC(C)(C)OC(=O)c1ccc(-n2ccc([Si](C)(C)C)n2)nc1Cl.C[Si](C)(C)c1ccn(-c2ccc(C(=O)O)c(Cl)n2)n1. The Hall–Kier alpha value is -3.33. The molecule has 0 saturated carbocycles. The Kier molecular flexibility index (Phi) is 9.87. The summed E-state index contributed by atoms with van der Waals surface area (Å²) >= 11 is 12.0. The van der Waals surface area contributed by atoms with Crippen LogP contribution in [-0.2, 0) is 4.74 Å². The van der Waals surface area contributed by atoms with Gasteiger partial charge in [0.1, 0.15) is 32.1 Å². The van der Waals surface area contributed by atoms with E-state index in [9.17, 15) is 9.59 Å². The molecule has 0 saturated heterocycles. The topological polar surface area (TPSA) is 125 Å². The number of carboxylic acid groups (broad SMARTS) is 1.